The molecule has 0 aliphatic heterocycles. The number of non-ortho nitro benzene ring substituents is 1. The number of nitrogens with one attached hydrogen (secondary N) is 2. The molecule has 0 fully saturated rings. The van der Waals surface area contributed by atoms with E-state index >= 15 is 0 Å². The molecule has 1 heterocycles. The van der Waals surface area contributed by atoms with E-state index in [0.717, 1.165) is 0 Å². The van der Waals surface area contributed by atoms with Crippen molar-refractivity contribution in [2.45, 2.75) is 6.54 Å². The highest BCUT2D eigenvalue weighted by molar-refractivity contribution is 6.00. The molecule has 1 aromatic carbocycles. The Bertz CT molecular complexity index is 655. The van der Waals surface area contributed by atoms with Crippen molar-refractivity contribution in [1.29, 1.82) is 0 Å². The van der Waals surface area contributed by atoms with Crippen LogP contribution in [-0.2, 0) is 6.54 Å². The predicted octanol–water partition coefficient (Wildman–Crippen LogP) is 1.03. The van der Waals surface area contributed by atoms with Crippen molar-refractivity contribution in [2.24, 2.45) is 0 Å². The number of anilines is 1. The molecule has 0 spiro atoms. The number of aromatic amines is 1. The average molecular weight is 290 g/mol. The van der Waals surface area contributed by atoms with E-state index < -0.39 is 4.92 Å². The van der Waals surface area contributed by atoms with Crippen molar-refractivity contribution in [3.63, 3.8) is 0 Å². The van der Waals surface area contributed by atoms with Crippen LogP contribution in [0.25, 0.3) is 0 Å². The molecule has 0 saturated carbocycles. The number of amides is 1. The lowest BCUT2D eigenvalue weighted by atomic mass is 10.1. The lowest BCUT2D eigenvalue weighted by molar-refractivity contribution is -0.384. The number of nitrogens with zero attached hydrogens (tertiary/aromatic N) is 4. The van der Waals surface area contributed by atoms with Crippen LogP contribution in [0.3, 0.4) is 0 Å². The Hall–Kier alpha value is -2.97. The number of rotatable bonds is 5. The normalized spacial score (nSPS) is 10.2. The highest BCUT2D eigenvalue weighted by atomic mass is 16.6. The van der Waals surface area contributed by atoms with Crippen LogP contribution in [0.2, 0.25) is 0 Å². The minimum atomic E-state index is -0.535. The zero-order valence-electron chi connectivity index (χ0n) is 11.5. The molecule has 0 saturated heterocycles. The summed E-state index contributed by atoms with van der Waals surface area (Å²) in [5.74, 6) is 0.182. The summed E-state index contributed by atoms with van der Waals surface area (Å²) in [4.78, 5) is 28.1. The lowest BCUT2D eigenvalue weighted by Gasteiger charge is -2.17. The topological polar surface area (TPSA) is 117 Å². The molecular formula is C12H14N6O3. The van der Waals surface area contributed by atoms with Crippen molar-refractivity contribution in [3.05, 3.63) is 46.0 Å². The van der Waals surface area contributed by atoms with E-state index in [9.17, 15) is 14.9 Å². The minimum absolute atomic E-state index is 0.134. The Balaban J connectivity index is 2.28. The number of hydrogen-bond acceptors (Lipinski definition) is 6. The number of H-pyrrole nitrogens is 1. The second kappa shape index (κ2) is 5.99. The van der Waals surface area contributed by atoms with Crippen molar-refractivity contribution in [2.75, 3.05) is 19.4 Å². The third kappa shape index (κ3) is 3.14. The van der Waals surface area contributed by atoms with Gasteiger partial charge in [-0.1, -0.05) is 0 Å². The van der Waals surface area contributed by atoms with Gasteiger partial charge in [0.1, 0.15) is 12.2 Å². The summed E-state index contributed by atoms with van der Waals surface area (Å²) in [6.07, 6.45) is 1.35. The first kappa shape index (κ1) is 14.4. The quantitative estimate of drug-likeness (QED) is 0.627. The molecule has 2 rings (SSSR count). The summed E-state index contributed by atoms with van der Waals surface area (Å²) in [5.41, 5.74) is 0.620. The van der Waals surface area contributed by atoms with Gasteiger partial charge < -0.3 is 10.2 Å². The second-order valence-corrected chi connectivity index (χ2v) is 4.33. The fourth-order valence-electron chi connectivity index (χ4n) is 1.85. The van der Waals surface area contributed by atoms with Crippen molar-refractivity contribution in [1.82, 2.24) is 20.1 Å². The van der Waals surface area contributed by atoms with Crippen molar-refractivity contribution < 1.29 is 9.72 Å². The molecule has 2 aromatic rings. The monoisotopic (exact) mass is 290 g/mol. The van der Waals surface area contributed by atoms with Gasteiger partial charge in [-0.15, -0.1) is 0 Å². The van der Waals surface area contributed by atoms with Gasteiger partial charge >= 0.3 is 0 Å². The van der Waals surface area contributed by atoms with Gasteiger partial charge in [0.15, 0.2) is 0 Å². The number of benzene rings is 1. The highest BCUT2D eigenvalue weighted by Gasteiger charge is 2.20. The molecular weight excluding hydrogens is 276 g/mol. The van der Waals surface area contributed by atoms with Crippen LogP contribution in [0.1, 0.15) is 16.2 Å². The van der Waals surface area contributed by atoms with Crippen LogP contribution in [0.4, 0.5) is 11.4 Å². The fourth-order valence-corrected chi connectivity index (χ4v) is 1.85. The van der Waals surface area contributed by atoms with Gasteiger partial charge in [-0.25, -0.2) is 4.98 Å². The molecule has 9 nitrogen and oxygen atoms in total. The zero-order chi connectivity index (χ0) is 15.4. The number of carbonyl (C=O) groups excluding carboxylic acids is 1. The number of nitro groups is 1. The van der Waals surface area contributed by atoms with E-state index in [1.807, 2.05) is 0 Å². The summed E-state index contributed by atoms with van der Waals surface area (Å²) in [5, 5.41) is 20.0. The third-order valence-corrected chi connectivity index (χ3v) is 2.91. The maximum atomic E-state index is 12.4. The average Bonchev–Trinajstić information content (AvgIpc) is 2.98. The molecule has 0 aliphatic carbocycles. The summed E-state index contributed by atoms with van der Waals surface area (Å²) in [6, 6.07) is 4.11. The van der Waals surface area contributed by atoms with Crippen LogP contribution >= 0.6 is 0 Å². The van der Waals surface area contributed by atoms with E-state index in [1.54, 1.807) is 14.1 Å². The van der Waals surface area contributed by atoms with Gasteiger partial charge in [-0.05, 0) is 6.07 Å². The van der Waals surface area contributed by atoms with E-state index in [1.165, 1.54) is 29.4 Å². The molecule has 0 aliphatic rings. The first-order valence-corrected chi connectivity index (χ1v) is 6.09. The van der Waals surface area contributed by atoms with E-state index in [2.05, 4.69) is 20.5 Å². The molecule has 21 heavy (non-hydrogen) atoms. The summed E-state index contributed by atoms with van der Waals surface area (Å²) in [6.45, 7) is 0.227. The van der Waals surface area contributed by atoms with E-state index in [0.29, 0.717) is 11.5 Å². The molecule has 110 valence electrons. The third-order valence-electron chi connectivity index (χ3n) is 2.91. The van der Waals surface area contributed by atoms with E-state index in [4.69, 9.17) is 0 Å². The molecule has 9 heteroatoms. The lowest BCUT2D eigenvalue weighted by Crippen LogP contribution is -2.27. The first-order chi connectivity index (χ1) is 10.0. The van der Waals surface area contributed by atoms with Crippen LogP contribution in [0, 0.1) is 10.1 Å². The van der Waals surface area contributed by atoms with Crippen molar-refractivity contribution in [3.8, 4) is 0 Å². The Kier molecular flexibility index (Phi) is 4.12. The Morgan fingerprint density at radius 2 is 2.29 bits per heavy atom. The van der Waals surface area contributed by atoms with Crippen LogP contribution in [0.15, 0.2) is 24.5 Å². The van der Waals surface area contributed by atoms with Gasteiger partial charge in [-0.3, -0.25) is 20.0 Å². The predicted molar refractivity (Wildman–Crippen MR) is 74.8 cm³/mol. The second-order valence-electron chi connectivity index (χ2n) is 4.33. The standard InChI is InChI=1S/C12H14N6O3/c1-13-10-4-3-8(18(20)21)5-9(10)12(19)17(2)6-11-14-7-15-16-11/h3-5,7,13H,6H2,1-2H3,(H,14,15,16). The number of nitro benzene ring substituents is 1. The first-order valence-electron chi connectivity index (χ1n) is 6.09. The molecule has 2 N–H and O–H groups in total. The Morgan fingerprint density at radius 3 is 2.86 bits per heavy atom. The molecule has 0 atom stereocenters. The van der Waals surface area contributed by atoms with Gasteiger partial charge in [0, 0.05) is 31.9 Å². The molecule has 0 radical (unpaired) electrons. The van der Waals surface area contributed by atoms with E-state index in [-0.39, 0.29) is 23.7 Å². The number of hydrogen-bond donors (Lipinski definition) is 2. The SMILES string of the molecule is CNc1ccc([N+](=O)[O-])cc1C(=O)N(C)Cc1ncn[nH]1. The Labute approximate surface area is 120 Å². The maximum Gasteiger partial charge on any atom is 0.270 e. The van der Waals surface area contributed by atoms with Gasteiger partial charge in [0.05, 0.1) is 17.0 Å². The molecule has 1 aromatic heterocycles. The highest BCUT2D eigenvalue weighted by Crippen LogP contribution is 2.23. The minimum Gasteiger partial charge on any atom is -0.387 e. The summed E-state index contributed by atoms with van der Waals surface area (Å²) >= 11 is 0. The van der Waals surface area contributed by atoms with Gasteiger partial charge in [0.2, 0.25) is 0 Å². The summed E-state index contributed by atoms with van der Waals surface area (Å²) < 4.78 is 0. The van der Waals surface area contributed by atoms with Crippen LogP contribution in [0.5, 0.6) is 0 Å². The maximum absolute atomic E-state index is 12.4. The van der Waals surface area contributed by atoms with Crippen molar-refractivity contribution >= 4 is 17.3 Å². The van der Waals surface area contributed by atoms with Crippen LogP contribution < -0.4 is 5.32 Å². The number of aromatic nitrogens is 3. The Morgan fingerprint density at radius 1 is 1.52 bits per heavy atom. The molecule has 0 unspecified atom stereocenters. The smallest absolute Gasteiger partial charge is 0.270 e. The fraction of sp³-hybridized carbons (Fsp3) is 0.250. The molecule has 0 bridgehead atoms. The largest absolute Gasteiger partial charge is 0.387 e. The number of carbonyl (C=O) groups is 1. The van der Waals surface area contributed by atoms with Gasteiger partial charge in [-0.2, -0.15) is 5.10 Å². The van der Waals surface area contributed by atoms with Crippen LogP contribution in [-0.4, -0.2) is 45.0 Å². The van der Waals surface area contributed by atoms with Gasteiger partial charge in [0.25, 0.3) is 11.6 Å². The molecule has 1 amide bonds. The summed E-state index contributed by atoms with van der Waals surface area (Å²) in [7, 11) is 3.23. The zero-order valence-corrected chi connectivity index (χ0v) is 11.5.